The first-order chi connectivity index (χ1) is 14.6. The number of thiazole rings is 1. The van der Waals surface area contributed by atoms with Crippen LogP contribution >= 0.6 is 11.3 Å². The Kier molecular flexibility index (Phi) is 4.52. The predicted octanol–water partition coefficient (Wildman–Crippen LogP) is 3.82. The van der Waals surface area contributed by atoms with E-state index >= 15 is 0 Å². The fourth-order valence-electron chi connectivity index (χ4n) is 3.24. The number of hydrogen-bond donors (Lipinski definition) is 0. The molecule has 0 saturated heterocycles. The quantitative estimate of drug-likeness (QED) is 0.509. The Morgan fingerprint density at radius 2 is 1.93 bits per heavy atom. The molecule has 1 aliphatic rings. The Morgan fingerprint density at radius 3 is 2.73 bits per heavy atom. The number of nitrogens with zero attached hydrogens (tertiary/aromatic N) is 3. The lowest BCUT2D eigenvalue weighted by Crippen LogP contribution is -2.26. The van der Waals surface area contributed by atoms with Gasteiger partial charge in [-0.2, -0.15) is 9.50 Å². The maximum Gasteiger partial charge on any atom is 0.291 e. The summed E-state index contributed by atoms with van der Waals surface area (Å²) in [5.41, 5.74) is 2.52. The van der Waals surface area contributed by atoms with Crippen molar-refractivity contribution in [1.29, 1.82) is 0 Å². The molecule has 0 saturated carbocycles. The molecule has 0 radical (unpaired) electrons. The molecule has 0 amide bonds. The summed E-state index contributed by atoms with van der Waals surface area (Å²) in [6.45, 7) is 1.96. The Labute approximate surface area is 175 Å². The van der Waals surface area contributed by atoms with E-state index < -0.39 is 0 Å². The summed E-state index contributed by atoms with van der Waals surface area (Å²) >= 11 is 1.29. The highest BCUT2D eigenvalue weighted by Crippen LogP contribution is 2.29. The van der Waals surface area contributed by atoms with Crippen molar-refractivity contribution in [3.8, 4) is 5.75 Å². The summed E-state index contributed by atoms with van der Waals surface area (Å²) in [6.07, 6.45) is 7.20. The first-order valence-corrected chi connectivity index (χ1v) is 10.2. The molecule has 148 valence electrons. The van der Waals surface area contributed by atoms with Crippen LogP contribution in [0.1, 0.15) is 23.9 Å². The monoisotopic (exact) mass is 417 g/mol. The molecule has 1 aliphatic heterocycles. The summed E-state index contributed by atoms with van der Waals surface area (Å²) in [7, 11) is 0. The van der Waals surface area contributed by atoms with E-state index in [1.54, 1.807) is 24.3 Å². The smallest absolute Gasteiger partial charge is 0.291 e. The van der Waals surface area contributed by atoms with Gasteiger partial charge in [-0.25, -0.2) is 4.39 Å². The molecule has 0 aliphatic carbocycles. The molecule has 0 spiro atoms. The van der Waals surface area contributed by atoms with Gasteiger partial charge in [0.2, 0.25) is 4.96 Å². The highest BCUT2D eigenvalue weighted by molar-refractivity contribution is 7.15. The number of halogens is 1. The average molecular weight is 417 g/mol. The van der Waals surface area contributed by atoms with Crippen LogP contribution in [0.3, 0.4) is 0 Å². The van der Waals surface area contributed by atoms with E-state index in [9.17, 15) is 9.18 Å². The van der Waals surface area contributed by atoms with Gasteiger partial charge < -0.3 is 4.74 Å². The van der Waals surface area contributed by atoms with E-state index in [1.165, 1.54) is 28.0 Å². The minimum Gasteiger partial charge on any atom is -0.485 e. The number of benzene rings is 2. The lowest BCUT2D eigenvalue weighted by molar-refractivity contribution is 0.259. The van der Waals surface area contributed by atoms with Crippen LogP contribution in [-0.4, -0.2) is 20.7 Å². The van der Waals surface area contributed by atoms with Gasteiger partial charge >= 0.3 is 0 Å². The summed E-state index contributed by atoms with van der Waals surface area (Å²) in [6, 6.07) is 13.9. The largest absolute Gasteiger partial charge is 0.485 e. The fraction of sp³-hybridized carbons (Fsp3) is 0.0870. The van der Waals surface area contributed by atoms with Crippen molar-refractivity contribution in [1.82, 2.24) is 14.6 Å². The fourth-order valence-corrected chi connectivity index (χ4v) is 4.15. The van der Waals surface area contributed by atoms with E-state index in [2.05, 4.69) is 10.1 Å². The van der Waals surface area contributed by atoms with Gasteiger partial charge in [0.05, 0.1) is 4.53 Å². The zero-order valence-electron chi connectivity index (χ0n) is 15.9. The van der Waals surface area contributed by atoms with Crippen molar-refractivity contribution < 1.29 is 9.13 Å². The molecular weight excluding hydrogens is 401 g/mol. The van der Waals surface area contributed by atoms with E-state index in [0.717, 1.165) is 22.4 Å². The van der Waals surface area contributed by atoms with E-state index in [1.807, 2.05) is 43.3 Å². The van der Waals surface area contributed by atoms with E-state index in [0.29, 0.717) is 15.3 Å². The second kappa shape index (κ2) is 7.35. The second-order valence-corrected chi connectivity index (χ2v) is 7.92. The summed E-state index contributed by atoms with van der Waals surface area (Å²) < 4.78 is 20.8. The van der Waals surface area contributed by atoms with Crippen LogP contribution in [0.2, 0.25) is 0 Å². The zero-order valence-corrected chi connectivity index (χ0v) is 16.8. The van der Waals surface area contributed by atoms with Gasteiger partial charge in [-0.1, -0.05) is 47.7 Å². The Morgan fingerprint density at radius 1 is 1.13 bits per heavy atom. The summed E-state index contributed by atoms with van der Waals surface area (Å²) in [5.74, 6) is 0.977. The molecular formula is C23H16FN3O2S. The van der Waals surface area contributed by atoms with Crippen molar-refractivity contribution in [3.05, 3.63) is 91.8 Å². The van der Waals surface area contributed by atoms with Crippen LogP contribution < -0.4 is 14.8 Å². The Bertz CT molecular complexity index is 1420. The SMILES string of the molecule is CC1Oc2ccccc2C=C1C=c1sc2nc(C=Cc3ccc(F)cc3)nn2c1=O. The van der Waals surface area contributed by atoms with Gasteiger partial charge in [-0.3, -0.25) is 4.79 Å². The zero-order chi connectivity index (χ0) is 20.7. The number of rotatable bonds is 3. The van der Waals surface area contributed by atoms with Crippen molar-refractivity contribution >= 4 is 40.6 Å². The van der Waals surface area contributed by atoms with Gasteiger partial charge in [-0.05, 0) is 54.5 Å². The van der Waals surface area contributed by atoms with E-state index in [-0.39, 0.29) is 17.5 Å². The van der Waals surface area contributed by atoms with Crippen LogP contribution in [0, 0.1) is 5.82 Å². The third kappa shape index (κ3) is 3.44. The second-order valence-electron chi connectivity index (χ2n) is 6.91. The maximum absolute atomic E-state index is 13.0. The molecule has 1 atom stereocenters. The molecule has 3 heterocycles. The molecule has 7 heteroatoms. The summed E-state index contributed by atoms with van der Waals surface area (Å²) in [4.78, 5) is 17.7. The number of para-hydroxylation sites is 1. The van der Waals surface area contributed by atoms with Crippen LogP contribution in [0.15, 0.2) is 58.9 Å². The predicted molar refractivity (Wildman–Crippen MR) is 117 cm³/mol. The Balaban J connectivity index is 1.48. The molecule has 0 bridgehead atoms. The van der Waals surface area contributed by atoms with Crippen LogP contribution in [0.25, 0.3) is 29.3 Å². The normalized spacial score (nSPS) is 16.7. The van der Waals surface area contributed by atoms with Gasteiger partial charge in [0.25, 0.3) is 5.56 Å². The number of fused-ring (bicyclic) bond motifs is 2. The highest BCUT2D eigenvalue weighted by atomic mass is 32.1. The molecule has 0 N–H and O–H groups in total. The van der Waals surface area contributed by atoms with Crippen LogP contribution in [0.5, 0.6) is 5.75 Å². The molecule has 4 aromatic rings. The van der Waals surface area contributed by atoms with E-state index in [4.69, 9.17) is 4.74 Å². The minimum absolute atomic E-state index is 0.157. The molecule has 2 aromatic heterocycles. The molecule has 30 heavy (non-hydrogen) atoms. The number of aromatic nitrogens is 3. The molecule has 1 unspecified atom stereocenters. The maximum atomic E-state index is 13.0. The standard InChI is InChI=1S/C23H16FN3O2S/c1-14-17(12-16-4-2-3-5-19(16)29-14)13-20-22(28)27-23(30-20)25-21(26-27)11-8-15-6-9-18(24)10-7-15/h2-14H,1H3. The van der Waals surface area contributed by atoms with Crippen LogP contribution in [-0.2, 0) is 0 Å². The number of ether oxygens (including phenoxy) is 1. The van der Waals surface area contributed by atoms with Crippen molar-refractivity contribution in [2.75, 3.05) is 0 Å². The summed E-state index contributed by atoms with van der Waals surface area (Å²) in [5, 5.41) is 4.29. The molecule has 5 nitrogen and oxygen atoms in total. The van der Waals surface area contributed by atoms with Gasteiger partial charge in [0, 0.05) is 5.56 Å². The Hall–Kier alpha value is -3.58. The first kappa shape index (κ1) is 18.4. The topological polar surface area (TPSA) is 56.5 Å². The van der Waals surface area contributed by atoms with Crippen molar-refractivity contribution in [2.24, 2.45) is 0 Å². The highest BCUT2D eigenvalue weighted by Gasteiger charge is 2.18. The van der Waals surface area contributed by atoms with Gasteiger partial charge in [-0.15, -0.1) is 5.10 Å². The first-order valence-electron chi connectivity index (χ1n) is 9.39. The van der Waals surface area contributed by atoms with Gasteiger partial charge in [0.1, 0.15) is 17.7 Å². The lowest BCUT2D eigenvalue weighted by Gasteiger charge is -2.22. The third-order valence-electron chi connectivity index (χ3n) is 4.81. The van der Waals surface area contributed by atoms with Gasteiger partial charge in [0.15, 0.2) is 5.82 Å². The van der Waals surface area contributed by atoms with Crippen molar-refractivity contribution in [3.63, 3.8) is 0 Å². The van der Waals surface area contributed by atoms with Crippen LogP contribution in [0.4, 0.5) is 4.39 Å². The molecule has 2 aromatic carbocycles. The third-order valence-corrected chi connectivity index (χ3v) is 5.76. The minimum atomic E-state index is -0.288. The molecule has 5 rings (SSSR count). The van der Waals surface area contributed by atoms with Crippen molar-refractivity contribution in [2.45, 2.75) is 13.0 Å². The average Bonchev–Trinajstić information content (AvgIpc) is 3.27. The number of hydrogen-bond acceptors (Lipinski definition) is 5. The lowest BCUT2D eigenvalue weighted by atomic mass is 10.0. The molecule has 0 fully saturated rings.